The van der Waals surface area contributed by atoms with E-state index in [-0.39, 0.29) is 5.91 Å². The molecule has 1 N–H and O–H groups in total. The van der Waals surface area contributed by atoms with Crippen molar-refractivity contribution in [1.82, 2.24) is 5.32 Å². The first-order chi connectivity index (χ1) is 12.0. The van der Waals surface area contributed by atoms with Crippen LogP contribution in [0, 0.1) is 0 Å². The van der Waals surface area contributed by atoms with Crippen molar-refractivity contribution in [2.75, 3.05) is 19.1 Å². The molecular weight excluding hydrogens is 404 g/mol. The lowest BCUT2D eigenvalue weighted by atomic mass is 10.1. The molecular formula is C18H15BrN2O3S. The highest BCUT2D eigenvalue weighted by atomic mass is 79.9. The van der Waals surface area contributed by atoms with Crippen LogP contribution in [-0.2, 0) is 4.79 Å². The maximum atomic E-state index is 12.7. The van der Waals surface area contributed by atoms with Crippen LogP contribution in [0.15, 0.2) is 52.6 Å². The molecule has 1 aliphatic rings. The molecule has 0 spiro atoms. The number of carbonyl (C=O) groups excluding carboxylic acids is 1. The molecule has 0 bridgehead atoms. The van der Waals surface area contributed by atoms with E-state index in [1.165, 1.54) is 4.90 Å². The van der Waals surface area contributed by atoms with Gasteiger partial charge in [0, 0.05) is 4.47 Å². The highest BCUT2D eigenvalue weighted by Gasteiger charge is 2.31. The van der Waals surface area contributed by atoms with E-state index < -0.39 is 0 Å². The maximum Gasteiger partial charge on any atom is 0.281 e. The van der Waals surface area contributed by atoms with Crippen LogP contribution in [0.2, 0.25) is 0 Å². The van der Waals surface area contributed by atoms with E-state index in [4.69, 9.17) is 21.7 Å². The Morgan fingerprint density at radius 3 is 2.40 bits per heavy atom. The lowest BCUT2D eigenvalue weighted by Crippen LogP contribution is -2.30. The fraction of sp³-hybridized carbons (Fsp3) is 0.111. The van der Waals surface area contributed by atoms with Gasteiger partial charge in [0.15, 0.2) is 16.6 Å². The molecule has 1 heterocycles. The normalized spacial score (nSPS) is 15.5. The highest BCUT2D eigenvalue weighted by Crippen LogP contribution is 2.29. The summed E-state index contributed by atoms with van der Waals surface area (Å²) in [5.74, 6) is 1.01. The summed E-state index contributed by atoms with van der Waals surface area (Å²) < 4.78 is 11.4. The van der Waals surface area contributed by atoms with Crippen LogP contribution in [0.1, 0.15) is 5.56 Å². The first-order valence-corrected chi connectivity index (χ1v) is 8.58. The van der Waals surface area contributed by atoms with Gasteiger partial charge in [0.25, 0.3) is 5.91 Å². The molecule has 0 atom stereocenters. The third-order valence-corrected chi connectivity index (χ3v) is 4.49. The molecule has 1 fully saturated rings. The number of rotatable bonds is 4. The summed E-state index contributed by atoms with van der Waals surface area (Å²) in [6.45, 7) is 0. The number of benzene rings is 2. The summed E-state index contributed by atoms with van der Waals surface area (Å²) in [6.07, 6.45) is 1.73. The number of halogens is 1. The number of hydrogen-bond donors (Lipinski definition) is 1. The van der Waals surface area contributed by atoms with E-state index in [0.717, 1.165) is 10.0 Å². The van der Waals surface area contributed by atoms with Crippen molar-refractivity contribution >= 4 is 50.9 Å². The van der Waals surface area contributed by atoms with Crippen LogP contribution >= 0.6 is 28.1 Å². The molecule has 0 unspecified atom stereocenters. The highest BCUT2D eigenvalue weighted by molar-refractivity contribution is 9.10. The average Bonchev–Trinajstić information content (AvgIpc) is 2.89. The molecule has 1 amide bonds. The summed E-state index contributed by atoms with van der Waals surface area (Å²) in [4.78, 5) is 14.2. The minimum atomic E-state index is -0.206. The zero-order valence-corrected chi connectivity index (χ0v) is 16.0. The Labute approximate surface area is 159 Å². The van der Waals surface area contributed by atoms with Crippen LogP contribution in [-0.4, -0.2) is 25.2 Å². The van der Waals surface area contributed by atoms with Gasteiger partial charge in [-0.3, -0.25) is 9.69 Å². The summed E-state index contributed by atoms with van der Waals surface area (Å²) in [5, 5.41) is 3.31. The van der Waals surface area contributed by atoms with Gasteiger partial charge < -0.3 is 14.8 Å². The summed E-state index contributed by atoms with van der Waals surface area (Å²) in [6, 6.07) is 12.8. The van der Waals surface area contributed by atoms with Crippen LogP contribution in [0.3, 0.4) is 0 Å². The number of ether oxygens (including phenoxy) is 2. The lowest BCUT2D eigenvalue weighted by Gasteiger charge is -2.13. The molecule has 1 aliphatic heterocycles. The number of nitrogens with zero attached hydrogens (tertiary/aromatic N) is 1. The van der Waals surface area contributed by atoms with E-state index in [0.29, 0.717) is 28.0 Å². The number of hydrogen-bond acceptors (Lipinski definition) is 4. The van der Waals surface area contributed by atoms with E-state index in [2.05, 4.69) is 21.2 Å². The smallest absolute Gasteiger partial charge is 0.281 e. The van der Waals surface area contributed by atoms with Crippen LogP contribution in [0.4, 0.5) is 5.69 Å². The third kappa shape index (κ3) is 3.52. The van der Waals surface area contributed by atoms with Crippen molar-refractivity contribution in [2.45, 2.75) is 0 Å². The Morgan fingerprint density at radius 2 is 1.76 bits per heavy atom. The zero-order chi connectivity index (χ0) is 18.0. The monoisotopic (exact) mass is 418 g/mol. The summed E-state index contributed by atoms with van der Waals surface area (Å²) in [5.41, 5.74) is 1.91. The molecule has 0 aromatic heterocycles. The molecule has 2 aromatic rings. The number of thiocarbonyl (C=S) groups is 1. The number of amides is 1. The van der Waals surface area contributed by atoms with Gasteiger partial charge in [-0.1, -0.05) is 22.0 Å². The second-order valence-corrected chi connectivity index (χ2v) is 6.52. The first kappa shape index (κ1) is 17.4. The van der Waals surface area contributed by atoms with Gasteiger partial charge in [-0.15, -0.1) is 0 Å². The van der Waals surface area contributed by atoms with Gasteiger partial charge in [-0.2, -0.15) is 0 Å². The first-order valence-electron chi connectivity index (χ1n) is 7.38. The van der Waals surface area contributed by atoms with E-state index in [1.807, 2.05) is 30.3 Å². The third-order valence-electron chi connectivity index (χ3n) is 3.68. The maximum absolute atomic E-state index is 12.7. The van der Waals surface area contributed by atoms with Gasteiger partial charge in [0.05, 0.1) is 19.9 Å². The second-order valence-electron chi connectivity index (χ2n) is 5.22. The Morgan fingerprint density at radius 1 is 1.08 bits per heavy atom. The van der Waals surface area contributed by atoms with E-state index in [9.17, 15) is 4.79 Å². The second kappa shape index (κ2) is 7.25. The fourth-order valence-corrected chi connectivity index (χ4v) is 3.03. The summed E-state index contributed by atoms with van der Waals surface area (Å²) >= 11 is 8.69. The van der Waals surface area contributed by atoms with Crippen molar-refractivity contribution in [3.8, 4) is 11.5 Å². The molecule has 25 heavy (non-hydrogen) atoms. The topological polar surface area (TPSA) is 50.8 Å². The molecule has 0 saturated carbocycles. The SMILES string of the molecule is COc1ccc(/C=C2\NC(=S)N(c3ccc(Br)cc3)C2=O)cc1OC. The van der Waals surface area contributed by atoms with Crippen LogP contribution in [0.5, 0.6) is 11.5 Å². The van der Waals surface area contributed by atoms with Gasteiger partial charge in [-0.25, -0.2) is 0 Å². The van der Waals surface area contributed by atoms with E-state index in [1.54, 1.807) is 32.4 Å². The molecule has 7 heteroatoms. The Bertz CT molecular complexity index is 865. The van der Waals surface area contributed by atoms with Gasteiger partial charge in [0.2, 0.25) is 0 Å². The largest absolute Gasteiger partial charge is 0.493 e. The molecule has 2 aromatic carbocycles. The molecule has 0 radical (unpaired) electrons. The number of methoxy groups -OCH3 is 2. The van der Waals surface area contributed by atoms with Crippen LogP contribution in [0.25, 0.3) is 6.08 Å². The van der Waals surface area contributed by atoms with Crippen molar-refractivity contribution in [3.63, 3.8) is 0 Å². The standard InChI is InChI=1S/C18H15BrN2O3S/c1-23-15-8-3-11(10-16(15)24-2)9-14-17(22)21(18(25)20-14)13-6-4-12(19)5-7-13/h3-10H,1-2H3,(H,20,25)/b14-9-. The predicted molar refractivity (Wildman–Crippen MR) is 105 cm³/mol. The van der Waals surface area contributed by atoms with E-state index >= 15 is 0 Å². The molecule has 5 nitrogen and oxygen atoms in total. The predicted octanol–water partition coefficient (Wildman–Crippen LogP) is 3.73. The van der Waals surface area contributed by atoms with Crippen molar-refractivity contribution in [1.29, 1.82) is 0 Å². The Balaban J connectivity index is 1.91. The summed E-state index contributed by atoms with van der Waals surface area (Å²) in [7, 11) is 3.14. The Hall–Kier alpha value is -2.38. The van der Waals surface area contributed by atoms with Crippen molar-refractivity contribution in [3.05, 3.63) is 58.2 Å². The van der Waals surface area contributed by atoms with Gasteiger partial charge in [0.1, 0.15) is 5.70 Å². The van der Waals surface area contributed by atoms with Gasteiger partial charge in [-0.05, 0) is 60.3 Å². The van der Waals surface area contributed by atoms with Crippen molar-refractivity contribution < 1.29 is 14.3 Å². The Kier molecular flexibility index (Phi) is 5.06. The molecule has 128 valence electrons. The molecule has 0 aliphatic carbocycles. The zero-order valence-electron chi connectivity index (χ0n) is 13.6. The minimum Gasteiger partial charge on any atom is -0.493 e. The number of carbonyl (C=O) groups is 1. The molecule has 3 rings (SSSR count). The lowest BCUT2D eigenvalue weighted by molar-refractivity contribution is -0.113. The molecule has 1 saturated heterocycles. The number of anilines is 1. The van der Waals surface area contributed by atoms with Gasteiger partial charge >= 0.3 is 0 Å². The van der Waals surface area contributed by atoms with Crippen molar-refractivity contribution in [2.24, 2.45) is 0 Å². The fourth-order valence-electron chi connectivity index (χ4n) is 2.47. The quantitative estimate of drug-likeness (QED) is 0.605. The number of nitrogens with one attached hydrogen (secondary N) is 1. The van der Waals surface area contributed by atoms with Crippen LogP contribution < -0.4 is 19.7 Å². The minimum absolute atomic E-state index is 0.206. The average molecular weight is 419 g/mol.